The van der Waals surface area contributed by atoms with Crippen LogP contribution in [-0.4, -0.2) is 27.9 Å². The highest BCUT2D eigenvalue weighted by Crippen LogP contribution is 2.27. The van der Waals surface area contributed by atoms with Gasteiger partial charge in [0, 0.05) is 24.2 Å². The number of H-pyrrole nitrogens is 1. The van der Waals surface area contributed by atoms with Gasteiger partial charge in [-0.05, 0) is 54.7 Å². The molecule has 1 aliphatic carbocycles. The molecule has 1 atom stereocenters. The minimum atomic E-state index is -0.188. The maximum Gasteiger partial charge on any atom is 0.264 e. The van der Waals surface area contributed by atoms with Crippen LogP contribution in [0.3, 0.4) is 0 Å². The predicted octanol–water partition coefficient (Wildman–Crippen LogP) is 1.78. The number of hydrogen-bond donors (Lipinski definition) is 3. The number of aromatic nitrogens is 2. The fourth-order valence-electron chi connectivity index (χ4n) is 2.86. The molecule has 6 heteroatoms. The van der Waals surface area contributed by atoms with E-state index in [1.165, 1.54) is 17.2 Å². The molecule has 5 nitrogen and oxygen atoms in total. The molecule has 2 aromatic rings. The molecule has 1 aliphatic rings. The van der Waals surface area contributed by atoms with E-state index in [9.17, 15) is 4.79 Å². The summed E-state index contributed by atoms with van der Waals surface area (Å²) in [6, 6.07) is 9.92. The highest BCUT2D eigenvalue weighted by Gasteiger charge is 2.22. The van der Waals surface area contributed by atoms with Crippen molar-refractivity contribution in [3.05, 3.63) is 51.8 Å². The fourth-order valence-corrected chi connectivity index (χ4v) is 3.13. The number of hydrogen-bond acceptors (Lipinski definition) is 3. The molecule has 1 unspecified atom stereocenters. The standard InChI is InChI=1S/C17H20N4OS/c1-2-7-18-17(23)19-14-9-11-3-4-12(8-13(11)10-14)15-5-6-16(22)21-20-15/h3-6,8,14H,2,7,9-10H2,1H3,(H,21,22)(H2,18,19,23). The Balaban J connectivity index is 1.70. The zero-order valence-electron chi connectivity index (χ0n) is 13.1. The second-order valence-electron chi connectivity index (χ2n) is 5.80. The van der Waals surface area contributed by atoms with Crippen LogP contribution in [0.2, 0.25) is 0 Å². The quantitative estimate of drug-likeness (QED) is 0.747. The minimum absolute atomic E-state index is 0.188. The smallest absolute Gasteiger partial charge is 0.264 e. The summed E-state index contributed by atoms with van der Waals surface area (Å²) in [5.41, 5.74) is 4.27. The highest BCUT2D eigenvalue weighted by atomic mass is 32.1. The Bertz CT molecular complexity index is 751. The lowest BCUT2D eigenvalue weighted by Crippen LogP contribution is -2.42. The van der Waals surface area contributed by atoms with E-state index in [1.54, 1.807) is 6.07 Å². The van der Waals surface area contributed by atoms with Crippen LogP contribution >= 0.6 is 12.2 Å². The predicted molar refractivity (Wildman–Crippen MR) is 95.5 cm³/mol. The van der Waals surface area contributed by atoms with Crippen LogP contribution in [0, 0.1) is 0 Å². The van der Waals surface area contributed by atoms with E-state index in [2.05, 4.69) is 46.0 Å². The lowest BCUT2D eigenvalue weighted by atomic mass is 10.0. The van der Waals surface area contributed by atoms with Crippen LogP contribution in [0.1, 0.15) is 24.5 Å². The summed E-state index contributed by atoms with van der Waals surface area (Å²) in [6.07, 6.45) is 2.98. The van der Waals surface area contributed by atoms with Crippen molar-refractivity contribution < 1.29 is 0 Å². The molecule has 1 aromatic heterocycles. The van der Waals surface area contributed by atoms with Crippen LogP contribution in [-0.2, 0) is 12.8 Å². The van der Waals surface area contributed by atoms with E-state index in [4.69, 9.17) is 12.2 Å². The zero-order chi connectivity index (χ0) is 16.2. The van der Waals surface area contributed by atoms with E-state index >= 15 is 0 Å². The van der Waals surface area contributed by atoms with Gasteiger partial charge in [-0.3, -0.25) is 4.79 Å². The molecular weight excluding hydrogens is 308 g/mol. The van der Waals surface area contributed by atoms with Crippen LogP contribution in [0.25, 0.3) is 11.3 Å². The van der Waals surface area contributed by atoms with Crippen LogP contribution < -0.4 is 16.2 Å². The van der Waals surface area contributed by atoms with Crippen LogP contribution in [0.4, 0.5) is 0 Å². The summed E-state index contributed by atoms with van der Waals surface area (Å²) in [6.45, 7) is 3.01. The fraction of sp³-hybridized carbons (Fsp3) is 0.353. The van der Waals surface area contributed by atoms with E-state index in [0.717, 1.165) is 42.2 Å². The molecule has 0 saturated heterocycles. The van der Waals surface area contributed by atoms with E-state index in [1.807, 2.05) is 0 Å². The summed E-state index contributed by atoms with van der Waals surface area (Å²) in [7, 11) is 0. The van der Waals surface area contributed by atoms with Crippen molar-refractivity contribution in [2.24, 2.45) is 0 Å². The summed E-state index contributed by atoms with van der Waals surface area (Å²) < 4.78 is 0. The minimum Gasteiger partial charge on any atom is -0.363 e. The van der Waals surface area contributed by atoms with Crippen molar-refractivity contribution in [1.82, 2.24) is 20.8 Å². The Labute approximate surface area is 140 Å². The number of aromatic amines is 1. The Hall–Kier alpha value is -2.21. The molecule has 0 radical (unpaired) electrons. The largest absolute Gasteiger partial charge is 0.363 e. The van der Waals surface area contributed by atoms with Crippen LogP contribution in [0.15, 0.2) is 35.1 Å². The van der Waals surface area contributed by atoms with Crippen molar-refractivity contribution >= 4 is 17.3 Å². The monoisotopic (exact) mass is 328 g/mol. The number of nitrogens with one attached hydrogen (secondary N) is 3. The summed E-state index contributed by atoms with van der Waals surface area (Å²) in [5, 5.41) is 13.9. The maximum atomic E-state index is 11.1. The molecule has 0 fully saturated rings. The van der Waals surface area contributed by atoms with Crippen molar-refractivity contribution in [1.29, 1.82) is 0 Å². The molecular formula is C17H20N4OS. The molecule has 0 spiro atoms. The number of nitrogens with zero attached hydrogens (tertiary/aromatic N) is 1. The molecule has 120 valence electrons. The average molecular weight is 328 g/mol. The lowest BCUT2D eigenvalue weighted by Gasteiger charge is -2.15. The number of rotatable bonds is 4. The van der Waals surface area contributed by atoms with Gasteiger partial charge < -0.3 is 10.6 Å². The maximum absolute atomic E-state index is 11.1. The Morgan fingerprint density at radius 1 is 1.30 bits per heavy atom. The molecule has 0 saturated carbocycles. The summed E-state index contributed by atoms with van der Waals surface area (Å²) in [5.74, 6) is 0. The van der Waals surface area contributed by atoms with Gasteiger partial charge in [0.25, 0.3) is 5.56 Å². The molecule has 0 aliphatic heterocycles. The van der Waals surface area contributed by atoms with Crippen molar-refractivity contribution in [3.63, 3.8) is 0 Å². The van der Waals surface area contributed by atoms with E-state index < -0.39 is 0 Å². The molecule has 1 heterocycles. The first-order valence-electron chi connectivity index (χ1n) is 7.88. The first-order valence-corrected chi connectivity index (χ1v) is 8.29. The topological polar surface area (TPSA) is 69.8 Å². The normalized spacial score (nSPS) is 16.0. The van der Waals surface area contributed by atoms with Crippen molar-refractivity contribution in [2.75, 3.05) is 6.54 Å². The van der Waals surface area contributed by atoms with Crippen LogP contribution in [0.5, 0.6) is 0 Å². The Kier molecular flexibility index (Phi) is 4.71. The van der Waals surface area contributed by atoms with E-state index in [0.29, 0.717) is 6.04 Å². The third kappa shape index (κ3) is 3.76. The highest BCUT2D eigenvalue weighted by molar-refractivity contribution is 7.80. The summed E-state index contributed by atoms with van der Waals surface area (Å²) in [4.78, 5) is 11.1. The van der Waals surface area contributed by atoms with Crippen molar-refractivity contribution in [3.8, 4) is 11.3 Å². The SMILES string of the molecule is CCCNC(=S)NC1Cc2ccc(-c3ccc(=O)[nH]n3)cc2C1. The van der Waals surface area contributed by atoms with Gasteiger partial charge in [0.1, 0.15) is 0 Å². The zero-order valence-corrected chi connectivity index (χ0v) is 13.9. The molecule has 3 N–H and O–H groups in total. The Morgan fingerprint density at radius 3 is 2.87 bits per heavy atom. The van der Waals surface area contributed by atoms with Crippen molar-refractivity contribution in [2.45, 2.75) is 32.2 Å². The molecule has 1 aromatic carbocycles. The van der Waals surface area contributed by atoms with Gasteiger partial charge >= 0.3 is 0 Å². The van der Waals surface area contributed by atoms with Gasteiger partial charge in [-0.2, -0.15) is 5.10 Å². The van der Waals surface area contributed by atoms with Gasteiger partial charge in [-0.15, -0.1) is 0 Å². The van der Waals surface area contributed by atoms with Gasteiger partial charge in [-0.25, -0.2) is 5.10 Å². The second kappa shape index (κ2) is 6.91. The molecule has 3 rings (SSSR count). The average Bonchev–Trinajstić information content (AvgIpc) is 2.94. The molecule has 0 bridgehead atoms. The Morgan fingerprint density at radius 2 is 2.13 bits per heavy atom. The van der Waals surface area contributed by atoms with Gasteiger partial charge in [0.15, 0.2) is 5.11 Å². The van der Waals surface area contributed by atoms with Gasteiger partial charge in [0.2, 0.25) is 0 Å². The second-order valence-corrected chi connectivity index (χ2v) is 6.20. The first-order chi connectivity index (χ1) is 11.2. The van der Waals surface area contributed by atoms with E-state index in [-0.39, 0.29) is 5.56 Å². The number of thiocarbonyl (C=S) groups is 1. The number of benzene rings is 1. The van der Waals surface area contributed by atoms with Gasteiger partial charge in [-0.1, -0.05) is 19.1 Å². The molecule has 23 heavy (non-hydrogen) atoms. The van der Waals surface area contributed by atoms with Gasteiger partial charge in [0.05, 0.1) is 5.69 Å². The number of fused-ring (bicyclic) bond motifs is 1. The first kappa shape index (κ1) is 15.7. The summed E-state index contributed by atoms with van der Waals surface area (Å²) >= 11 is 5.32. The molecule has 0 amide bonds. The third-order valence-corrected chi connectivity index (χ3v) is 4.25. The lowest BCUT2D eigenvalue weighted by molar-refractivity contribution is 0.632. The third-order valence-electron chi connectivity index (χ3n) is 3.98.